The number of amides is 2. The lowest BCUT2D eigenvalue weighted by atomic mass is 9.97. The number of anilines is 2. The fourth-order valence-electron chi connectivity index (χ4n) is 3.98. The van der Waals surface area contributed by atoms with Gasteiger partial charge in [-0.2, -0.15) is 0 Å². The number of thiazole rings is 1. The van der Waals surface area contributed by atoms with Crippen molar-refractivity contribution in [3.8, 4) is 0 Å². The van der Waals surface area contributed by atoms with Gasteiger partial charge in [-0.15, -0.1) is 11.3 Å². The fourth-order valence-corrected chi connectivity index (χ4v) is 4.68. The number of likely N-dealkylation sites (tertiary alicyclic amines) is 1. The Bertz CT molecular complexity index is 894. The lowest BCUT2D eigenvalue weighted by molar-refractivity contribution is -0.126. The second-order valence-corrected chi connectivity index (χ2v) is 8.86. The smallest absolute Gasteiger partial charge is 0.273 e. The Kier molecular flexibility index (Phi) is 6.64. The fraction of sp³-hybridized carbons (Fsp3) is 0.500. The van der Waals surface area contributed by atoms with E-state index in [9.17, 15) is 9.59 Å². The summed E-state index contributed by atoms with van der Waals surface area (Å²) in [4.78, 5) is 31.7. The second kappa shape index (κ2) is 9.57. The van der Waals surface area contributed by atoms with Gasteiger partial charge in [0.25, 0.3) is 5.91 Å². The number of nitrogens with zero attached hydrogens (tertiary/aromatic N) is 2. The van der Waals surface area contributed by atoms with Crippen molar-refractivity contribution in [2.45, 2.75) is 38.7 Å². The Balaban J connectivity index is 1.32. The van der Waals surface area contributed by atoms with Gasteiger partial charge in [-0.3, -0.25) is 9.59 Å². The van der Waals surface area contributed by atoms with Crippen molar-refractivity contribution >= 4 is 34.0 Å². The molecule has 0 bridgehead atoms. The van der Waals surface area contributed by atoms with Crippen molar-refractivity contribution in [2.75, 3.05) is 31.6 Å². The number of aryl methyl sites for hydroxylation is 1. The quantitative estimate of drug-likeness (QED) is 0.737. The Morgan fingerprint density at radius 2 is 2.20 bits per heavy atom. The molecule has 30 heavy (non-hydrogen) atoms. The van der Waals surface area contributed by atoms with Crippen LogP contribution in [0.25, 0.3) is 0 Å². The van der Waals surface area contributed by atoms with E-state index in [-0.39, 0.29) is 23.8 Å². The van der Waals surface area contributed by atoms with Crippen molar-refractivity contribution in [2.24, 2.45) is 5.92 Å². The molecule has 2 aliphatic rings. The maximum atomic E-state index is 12.9. The van der Waals surface area contributed by atoms with E-state index in [1.54, 1.807) is 10.3 Å². The molecule has 2 amide bonds. The highest BCUT2D eigenvalue weighted by molar-refractivity contribution is 7.14. The van der Waals surface area contributed by atoms with Gasteiger partial charge in [0.1, 0.15) is 5.69 Å². The van der Waals surface area contributed by atoms with Gasteiger partial charge in [0.15, 0.2) is 5.13 Å². The third-order valence-electron chi connectivity index (χ3n) is 5.60. The highest BCUT2D eigenvalue weighted by atomic mass is 32.1. The summed E-state index contributed by atoms with van der Waals surface area (Å²) in [5, 5.41) is 8.72. The SMILES string of the molecule is Cc1cccc(Nc2nc(C(=O)N3CCC[C@@H](C(=O)NC[C@@H]4CCCO4)C3)cs2)c1. The molecule has 2 N–H and O–H groups in total. The maximum Gasteiger partial charge on any atom is 0.273 e. The van der Waals surface area contributed by atoms with Gasteiger partial charge in [-0.05, 0) is 50.3 Å². The molecule has 1 aromatic carbocycles. The Morgan fingerprint density at radius 3 is 3.00 bits per heavy atom. The monoisotopic (exact) mass is 428 g/mol. The summed E-state index contributed by atoms with van der Waals surface area (Å²) in [7, 11) is 0. The number of carbonyl (C=O) groups excluding carboxylic acids is 2. The summed E-state index contributed by atoms with van der Waals surface area (Å²) < 4.78 is 5.57. The van der Waals surface area contributed by atoms with E-state index >= 15 is 0 Å². The van der Waals surface area contributed by atoms with Crippen molar-refractivity contribution in [3.63, 3.8) is 0 Å². The molecular formula is C22H28N4O3S. The molecule has 2 saturated heterocycles. The van der Waals surface area contributed by atoms with Gasteiger partial charge in [-0.25, -0.2) is 4.98 Å². The molecule has 7 nitrogen and oxygen atoms in total. The molecule has 0 saturated carbocycles. The van der Waals surface area contributed by atoms with E-state index in [1.807, 2.05) is 31.2 Å². The second-order valence-electron chi connectivity index (χ2n) is 8.00. The molecule has 0 spiro atoms. The minimum Gasteiger partial charge on any atom is -0.376 e. The van der Waals surface area contributed by atoms with Crippen LogP contribution in [0, 0.1) is 12.8 Å². The largest absolute Gasteiger partial charge is 0.376 e. The first-order chi connectivity index (χ1) is 14.6. The van der Waals surface area contributed by atoms with Crippen LogP contribution < -0.4 is 10.6 Å². The summed E-state index contributed by atoms with van der Waals surface area (Å²) in [6.45, 7) is 4.47. The molecule has 0 unspecified atom stereocenters. The molecular weight excluding hydrogens is 400 g/mol. The Hall–Kier alpha value is -2.45. The van der Waals surface area contributed by atoms with Crippen LogP contribution in [0.2, 0.25) is 0 Å². The van der Waals surface area contributed by atoms with Gasteiger partial charge in [0.05, 0.1) is 12.0 Å². The highest BCUT2D eigenvalue weighted by Crippen LogP contribution is 2.24. The third-order valence-corrected chi connectivity index (χ3v) is 6.36. The predicted octanol–water partition coefficient (Wildman–Crippen LogP) is 3.34. The highest BCUT2D eigenvalue weighted by Gasteiger charge is 2.30. The average Bonchev–Trinajstić information content (AvgIpc) is 3.44. The molecule has 2 aliphatic heterocycles. The van der Waals surface area contributed by atoms with Gasteiger partial charge in [0.2, 0.25) is 5.91 Å². The molecule has 8 heteroatoms. The molecule has 4 rings (SSSR count). The number of benzene rings is 1. The minimum absolute atomic E-state index is 0.0167. The molecule has 1 aromatic heterocycles. The summed E-state index contributed by atoms with van der Waals surface area (Å²) in [6.07, 6.45) is 3.81. The van der Waals surface area contributed by atoms with E-state index in [4.69, 9.17) is 4.74 Å². The van der Waals surface area contributed by atoms with Gasteiger partial charge < -0.3 is 20.3 Å². The number of hydrogen-bond acceptors (Lipinski definition) is 6. The number of nitrogens with one attached hydrogen (secondary N) is 2. The standard InChI is InChI=1S/C22H28N4O3S/c1-15-5-2-7-17(11-15)24-22-25-19(14-30-22)21(28)26-9-3-6-16(13-26)20(27)23-12-18-8-4-10-29-18/h2,5,7,11,14,16,18H,3-4,6,8-10,12-13H2,1H3,(H,23,27)(H,24,25)/t16-,18+/m1/s1. The predicted molar refractivity (Wildman–Crippen MR) is 117 cm³/mol. The van der Waals surface area contributed by atoms with Crippen LogP contribution in [0.15, 0.2) is 29.6 Å². The third kappa shape index (κ3) is 5.17. The van der Waals surface area contributed by atoms with Crippen molar-refractivity contribution in [3.05, 3.63) is 40.9 Å². The van der Waals surface area contributed by atoms with Crippen LogP contribution in [0.3, 0.4) is 0 Å². The summed E-state index contributed by atoms with van der Waals surface area (Å²) in [5.74, 6) is -0.268. The molecule has 2 atom stereocenters. The topological polar surface area (TPSA) is 83.6 Å². The lowest BCUT2D eigenvalue weighted by Crippen LogP contribution is -2.46. The molecule has 2 fully saturated rings. The number of hydrogen-bond donors (Lipinski definition) is 2. The Labute approximate surface area is 180 Å². The van der Waals surface area contributed by atoms with Crippen LogP contribution in [-0.4, -0.2) is 54.0 Å². The summed E-state index contributed by atoms with van der Waals surface area (Å²) in [6, 6.07) is 8.02. The van der Waals surface area contributed by atoms with Crippen LogP contribution in [0.4, 0.5) is 10.8 Å². The van der Waals surface area contributed by atoms with E-state index in [2.05, 4.69) is 15.6 Å². The van der Waals surface area contributed by atoms with Crippen LogP contribution >= 0.6 is 11.3 Å². The van der Waals surface area contributed by atoms with Crippen molar-refractivity contribution in [1.29, 1.82) is 0 Å². The van der Waals surface area contributed by atoms with E-state index in [0.717, 1.165) is 43.5 Å². The zero-order valence-corrected chi connectivity index (χ0v) is 18.0. The van der Waals surface area contributed by atoms with Crippen LogP contribution in [0.5, 0.6) is 0 Å². The number of rotatable bonds is 6. The molecule has 0 radical (unpaired) electrons. The van der Waals surface area contributed by atoms with E-state index in [0.29, 0.717) is 30.5 Å². The van der Waals surface area contributed by atoms with E-state index in [1.165, 1.54) is 11.3 Å². The van der Waals surface area contributed by atoms with Crippen LogP contribution in [-0.2, 0) is 9.53 Å². The van der Waals surface area contributed by atoms with Crippen LogP contribution in [0.1, 0.15) is 41.7 Å². The molecule has 0 aliphatic carbocycles. The zero-order valence-electron chi connectivity index (χ0n) is 17.2. The van der Waals surface area contributed by atoms with Gasteiger partial charge >= 0.3 is 0 Å². The van der Waals surface area contributed by atoms with Gasteiger partial charge in [0, 0.05) is 37.3 Å². The normalized spacial score (nSPS) is 21.4. The van der Waals surface area contributed by atoms with Gasteiger partial charge in [-0.1, -0.05) is 12.1 Å². The summed E-state index contributed by atoms with van der Waals surface area (Å²) in [5.41, 5.74) is 2.53. The summed E-state index contributed by atoms with van der Waals surface area (Å²) >= 11 is 1.41. The molecule has 160 valence electrons. The number of carbonyl (C=O) groups is 2. The van der Waals surface area contributed by atoms with E-state index < -0.39 is 0 Å². The first-order valence-electron chi connectivity index (χ1n) is 10.6. The minimum atomic E-state index is -0.173. The first kappa shape index (κ1) is 20.8. The van der Waals surface area contributed by atoms with Crippen molar-refractivity contribution < 1.29 is 14.3 Å². The number of aromatic nitrogens is 1. The lowest BCUT2D eigenvalue weighted by Gasteiger charge is -2.31. The maximum absolute atomic E-state index is 12.9. The molecule has 2 aromatic rings. The molecule has 3 heterocycles. The number of ether oxygens (including phenoxy) is 1. The first-order valence-corrected chi connectivity index (χ1v) is 11.4. The zero-order chi connectivity index (χ0) is 20.9. The van der Waals surface area contributed by atoms with Crippen molar-refractivity contribution in [1.82, 2.24) is 15.2 Å². The number of piperidine rings is 1. The average molecular weight is 429 g/mol. The Morgan fingerprint density at radius 1 is 1.30 bits per heavy atom.